The largest absolute Gasteiger partial charge is 0.336 e. The molecule has 0 amide bonds. The van der Waals surface area contributed by atoms with Gasteiger partial charge in [0.05, 0.1) is 11.4 Å². The second-order valence-electron chi connectivity index (χ2n) is 4.06. The van der Waals surface area contributed by atoms with Crippen molar-refractivity contribution in [2.45, 2.75) is 16.7 Å². The maximum absolute atomic E-state index is 11.3. The van der Waals surface area contributed by atoms with Gasteiger partial charge in [-0.15, -0.1) is 0 Å². The molecule has 2 aromatic rings. The third-order valence-electron chi connectivity index (χ3n) is 2.66. The minimum absolute atomic E-state index is 0.368. The summed E-state index contributed by atoms with van der Waals surface area (Å²) in [6.07, 6.45) is 0. The number of carbonyl (C=O) groups excluding carboxylic acids is 1. The average molecular weight is 292 g/mol. The van der Waals surface area contributed by atoms with Crippen molar-refractivity contribution in [3.05, 3.63) is 47.5 Å². The van der Waals surface area contributed by atoms with Gasteiger partial charge in [-0.3, -0.25) is 0 Å². The Morgan fingerprint density at radius 3 is 2.68 bits per heavy atom. The fourth-order valence-electron chi connectivity index (χ4n) is 1.92. The molecule has 0 bridgehead atoms. The summed E-state index contributed by atoms with van der Waals surface area (Å²) in [6.45, 7) is 1.38. The maximum atomic E-state index is 11.3. The van der Waals surface area contributed by atoms with Gasteiger partial charge in [0.25, 0.3) is 0 Å². The van der Waals surface area contributed by atoms with Crippen molar-refractivity contribution in [3.8, 4) is 0 Å². The summed E-state index contributed by atoms with van der Waals surface area (Å²) in [6, 6.07) is 13.3. The van der Waals surface area contributed by atoms with Gasteiger partial charge >= 0.3 is 5.97 Å². The summed E-state index contributed by atoms with van der Waals surface area (Å²) >= 11 is 7.66. The number of rotatable bonds is 1. The third kappa shape index (κ3) is 2.29. The number of hydrogen-bond acceptors (Lipinski definition) is 4. The van der Waals surface area contributed by atoms with Crippen LogP contribution in [0.1, 0.15) is 6.92 Å². The number of halogens is 1. The van der Waals surface area contributed by atoms with E-state index in [1.807, 2.05) is 36.4 Å². The molecule has 0 unspecified atom stereocenters. The lowest BCUT2D eigenvalue weighted by Gasteiger charge is -2.30. The van der Waals surface area contributed by atoms with Crippen molar-refractivity contribution in [1.29, 1.82) is 0 Å². The molecule has 96 valence electrons. The number of anilines is 2. The third-order valence-corrected chi connectivity index (χ3v) is 4.03. The monoisotopic (exact) mass is 291 g/mol. The highest BCUT2D eigenvalue weighted by Gasteiger charge is 2.25. The number of benzene rings is 2. The number of carbonyl (C=O) groups is 1. The first-order valence-corrected chi connectivity index (χ1v) is 6.90. The van der Waals surface area contributed by atoms with Crippen LogP contribution in [0.15, 0.2) is 52.3 Å². The molecule has 0 spiro atoms. The molecule has 0 aliphatic carbocycles. The topological polar surface area (TPSA) is 29.5 Å². The molecule has 1 aliphatic rings. The van der Waals surface area contributed by atoms with Crippen LogP contribution in [0.3, 0.4) is 0 Å². The Kier molecular flexibility index (Phi) is 3.12. The number of hydrogen-bond donors (Lipinski definition) is 0. The van der Waals surface area contributed by atoms with Crippen molar-refractivity contribution in [2.75, 3.05) is 5.06 Å². The number of fused-ring (bicyclic) bond motifs is 2. The molecular formula is C14H10ClNO2S. The lowest BCUT2D eigenvalue weighted by Crippen LogP contribution is -2.23. The van der Waals surface area contributed by atoms with Crippen LogP contribution in [-0.4, -0.2) is 5.97 Å². The van der Waals surface area contributed by atoms with Crippen LogP contribution in [0.2, 0.25) is 5.02 Å². The summed E-state index contributed by atoms with van der Waals surface area (Å²) in [4.78, 5) is 18.7. The molecule has 0 saturated heterocycles. The van der Waals surface area contributed by atoms with Gasteiger partial charge in [-0.2, -0.15) is 5.06 Å². The average Bonchev–Trinajstić information content (AvgIpc) is 2.39. The first-order valence-electron chi connectivity index (χ1n) is 5.70. The minimum Gasteiger partial charge on any atom is -0.336 e. The molecule has 3 rings (SSSR count). The van der Waals surface area contributed by atoms with Crippen LogP contribution in [0.5, 0.6) is 0 Å². The van der Waals surface area contributed by atoms with Crippen LogP contribution in [-0.2, 0) is 9.63 Å². The predicted molar refractivity (Wildman–Crippen MR) is 75.9 cm³/mol. The van der Waals surface area contributed by atoms with E-state index in [0.717, 1.165) is 21.2 Å². The molecule has 2 aromatic carbocycles. The standard InChI is InChI=1S/C14H10ClNO2S/c1-9(17)18-16-11-4-2-3-5-13(11)19-14-7-6-10(15)8-12(14)16/h2-8H,1H3. The minimum atomic E-state index is -0.368. The Balaban J connectivity index is 2.16. The van der Waals surface area contributed by atoms with Crippen LogP contribution in [0, 0.1) is 0 Å². The highest BCUT2D eigenvalue weighted by atomic mass is 35.5. The van der Waals surface area contributed by atoms with Crippen LogP contribution in [0.25, 0.3) is 0 Å². The summed E-state index contributed by atoms with van der Waals surface area (Å²) in [7, 11) is 0. The van der Waals surface area contributed by atoms with Gasteiger partial charge in [-0.25, -0.2) is 4.79 Å². The van der Waals surface area contributed by atoms with E-state index in [4.69, 9.17) is 16.4 Å². The first kappa shape index (κ1) is 12.4. The van der Waals surface area contributed by atoms with Crippen molar-refractivity contribution >= 4 is 40.7 Å². The van der Waals surface area contributed by atoms with Gasteiger partial charge in [-0.1, -0.05) is 35.5 Å². The fraction of sp³-hybridized carbons (Fsp3) is 0.0714. The Hall–Kier alpha value is -1.65. The molecule has 1 aliphatic heterocycles. The van der Waals surface area contributed by atoms with Crippen LogP contribution >= 0.6 is 23.4 Å². The molecule has 19 heavy (non-hydrogen) atoms. The molecule has 0 saturated carbocycles. The Morgan fingerprint density at radius 2 is 1.89 bits per heavy atom. The lowest BCUT2D eigenvalue weighted by molar-refractivity contribution is -0.141. The first-order chi connectivity index (χ1) is 9.15. The summed E-state index contributed by atoms with van der Waals surface area (Å²) < 4.78 is 0. The highest BCUT2D eigenvalue weighted by Crippen LogP contribution is 2.48. The molecule has 0 aromatic heterocycles. The fourth-order valence-corrected chi connectivity index (χ4v) is 3.11. The molecule has 0 atom stereocenters. The lowest BCUT2D eigenvalue weighted by atomic mass is 10.2. The van der Waals surface area contributed by atoms with E-state index in [2.05, 4.69) is 0 Å². The van der Waals surface area contributed by atoms with Crippen molar-refractivity contribution in [1.82, 2.24) is 0 Å². The summed E-state index contributed by atoms with van der Waals surface area (Å²) in [5, 5.41) is 2.14. The van der Waals surface area contributed by atoms with E-state index in [9.17, 15) is 4.79 Å². The quantitative estimate of drug-likeness (QED) is 0.778. The van der Waals surface area contributed by atoms with Gasteiger partial charge in [0, 0.05) is 21.7 Å². The van der Waals surface area contributed by atoms with Crippen LogP contribution < -0.4 is 5.06 Å². The number of nitrogens with zero attached hydrogens (tertiary/aromatic N) is 1. The van der Waals surface area contributed by atoms with E-state index < -0.39 is 0 Å². The van der Waals surface area contributed by atoms with E-state index in [1.54, 1.807) is 17.8 Å². The molecule has 0 N–H and O–H groups in total. The van der Waals surface area contributed by atoms with E-state index in [0.29, 0.717) is 5.02 Å². The molecular weight excluding hydrogens is 282 g/mol. The van der Waals surface area contributed by atoms with Crippen molar-refractivity contribution < 1.29 is 9.63 Å². The van der Waals surface area contributed by atoms with Gasteiger partial charge < -0.3 is 4.84 Å². The second-order valence-corrected chi connectivity index (χ2v) is 5.58. The Morgan fingerprint density at radius 1 is 1.16 bits per heavy atom. The van der Waals surface area contributed by atoms with E-state index in [-0.39, 0.29) is 5.97 Å². The van der Waals surface area contributed by atoms with Gasteiger partial charge in [-0.05, 0) is 30.3 Å². The molecule has 0 radical (unpaired) electrons. The number of para-hydroxylation sites is 1. The summed E-state index contributed by atoms with van der Waals surface area (Å²) in [5.41, 5.74) is 1.63. The normalized spacial score (nSPS) is 12.6. The van der Waals surface area contributed by atoms with Crippen molar-refractivity contribution in [3.63, 3.8) is 0 Å². The molecule has 1 heterocycles. The smallest absolute Gasteiger partial charge is 0.329 e. The highest BCUT2D eigenvalue weighted by molar-refractivity contribution is 7.99. The maximum Gasteiger partial charge on any atom is 0.329 e. The van der Waals surface area contributed by atoms with Gasteiger partial charge in [0.1, 0.15) is 0 Å². The van der Waals surface area contributed by atoms with Crippen molar-refractivity contribution in [2.24, 2.45) is 0 Å². The molecule has 5 heteroatoms. The van der Waals surface area contributed by atoms with E-state index >= 15 is 0 Å². The zero-order valence-electron chi connectivity index (χ0n) is 10.1. The van der Waals surface area contributed by atoms with Gasteiger partial charge in [0.2, 0.25) is 0 Å². The Labute approximate surface area is 120 Å². The Bertz CT molecular complexity index is 660. The molecule has 3 nitrogen and oxygen atoms in total. The zero-order chi connectivity index (χ0) is 13.4. The predicted octanol–water partition coefficient (Wildman–Crippen LogP) is 4.42. The SMILES string of the molecule is CC(=O)ON1c2ccccc2Sc2ccc(Cl)cc21. The molecule has 0 fully saturated rings. The van der Waals surface area contributed by atoms with Crippen LogP contribution in [0.4, 0.5) is 11.4 Å². The zero-order valence-corrected chi connectivity index (χ0v) is 11.7. The van der Waals surface area contributed by atoms with E-state index in [1.165, 1.54) is 12.0 Å². The second kappa shape index (κ2) is 4.79. The summed E-state index contributed by atoms with van der Waals surface area (Å²) in [5.74, 6) is -0.368. The van der Waals surface area contributed by atoms with Gasteiger partial charge in [0.15, 0.2) is 0 Å².